The van der Waals surface area contributed by atoms with Crippen LogP contribution >= 0.6 is 11.8 Å². The highest BCUT2D eigenvalue weighted by Crippen LogP contribution is 2.34. The summed E-state index contributed by atoms with van der Waals surface area (Å²) in [4.78, 5) is 28.4. The number of carbonyl (C=O) groups excluding carboxylic acids is 2. The third-order valence-corrected chi connectivity index (χ3v) is 6.54. The molecule has 0 fully saturated rings. The van der Waals surface area contributed by atoms with Gasteiger partial charge in [0.25, 0.3) is 5.91 Å². The van der Waals surface area contributed by atoms with Gasteiger partial charge in [0.15, 0.2) is 0 Å². The molecule has 0 bridgehead atoms. The molecule has 0 saturated heterocycles. The molecule has 4 rings (SSSR count). The van der Waals surface area contributed by atoms with Crippen LogP contribution in [0.5, 0.6) is 5.75 Å². The number of nitrogens with zero attached hydrogens (tertiary/aromatic N) is 1. The topological polar surface area (TPSA) is 58.6 Å². The first kappa shape index (κ1) is 22.0. The van der Waals surface area contributed by atoms with Gasteiger partial charge < -0.3 is 15.0 Å². The lowest BCUT2D eigenvalue weighted by molar-refractivity contribution is -0.118. The second-order valence-corrected chi connectivity index (χ2v) is 8.85. The van der Waals surface area contributed by atoms with E-state index < -0.39 is 0 Å². The van der Waals surface area contributed by atoms with Gasteiger partial charge in [0.2, 0.25) is 5.91 Å². The molecule has 1 heterocycles. The van der Waals surface area contributed by atoms with E-state index in [4.69, 9.17) is 4.74 Å². The lowest BCUT2D eigenvalue weighted by atomic mass is 10.1. The Kier molecular flexibility index (Phi) is 6.81. The molecule has 32 heavy (non-hydrogen) atoms. The Bertz CT molecular complexity index is 1100. The van der Waals surface area contributed by atoms with Crippen molar-refractivity contribution in [1.82, 2.24) is 5.32 Å². The lowest BCUT2D eigenvalue weighted by Crippen LogP contribution is -2.35. The standard InChI is InChI=1S/C26H26N2O3S/c1-18-14-21-9-8-19(16-27-25(29)17-32-23-6-4-3-5-7-23)15-24(21)28(18)26(30)20-10-12-22(31-2)13-11-20/h3-13,15,18H,14,16-17H2,1-2H3,(H,27,29). The molecule has 0 aliphatic carbocycles. The molecule has 0 aromatic heterocycles. The highest BCUT2D eigenvalue weighted by Gasteiger charge is 2.31. The van der Waals surface area contributed by atoms with Crippen LogP contribution in [0.25, 0.3) is 0 Å². The molecule has 164 valence electrons. The van der Waals surface area contributed by atoms with Crippen molar-refractivity contribution < 1.29 is 14.3 Å². The van der Waals surface area contributed by atoms with Crippen LogP contribution in [0.4, 0.5) is 5.69 Å². The smallest absolute Gasteiger partial charge is 0.258 e. The van der Waals surface area contributed by atoms with Crippen molar-refractivity contribution >= 4 is 29.3 Å². The van der Waals surface area contributed by atoms with Crippen LogP contribution < -0.4 is 15.0 Å². The Morgan fingerprint density at radius 3 is 2.53 bits per heavy atom. The zero-order valence-electron chi connectivity index (χ0n) is 18.2. The van der Waals surface area contributed by atoms with Crippen molar-refractivity contribution in [2.24, 2.45) is 0 Å². The number of fused-ring (bicyclic) bond motifs is 1. The highest BCUT2D eigenvalue weighted by molar-refractivity contribution is 8.00. The molecule has 1 aliphatic rings. The summed E-state index contributed by atoms with van der Waals surface area (Å²) in [6, 6.07) is 23.2. The quantitative estimate of drug-likeness (QED) is 0.535. The molecule has 1 N–H and O–H groups in total. The van der Waals surface area contributed by atoms with Crippen molar-refractivity contribution in [3.05, 3.63) is 89.5 Å². The molecule has 5 nitrogen and oxygen atoms in total. The fraction of sp³-hybridized carbons (Fsp3) is 0.231. The summed E-state index contributed by atoms with van der Waals surface area (Å²) in [6.45, 7) is 2.49. The van der Waals surface area contributed by atoms with Crippen LogP contribution in [0.1, 0.15) is 28.4 Å². The van der Waals surface area contributed by atoms with Gasteiger partial charge in [0.1, 0.15) is 5.75 Å². The number of nitrogens with one attached hydrogen (secondary N) is 1. The molecule has 0 spiro atoms. The normalized spacial score (nSPS) is 14.7. The summed E-state index contributed by atoms with van der Waals surface area (Å²) in [5, 5.41) is 2.98. The Morgan fingerprint density at radius 2 is 1.81 bits per heavy atom. The number of hydrogen-bond acceptors (Lipinski definition) is 4. The van der Waals surface area contributed by atoms with E-state index in [1.54, 1.807) is 31.4 Å². The zero-order valence-corrected chi connectivity index (χ0v) is 19.0. The monoisotopic (exact) mass is 446 g/mol. The second-order valence-electron chi connectivity index (χ2n) is 7.80. The minimum absolute atomic E-state index is 0.0149. The minimum Gasteiger partial charge on any atom is -0.497 e. The van der Waals surface area contributed by atoms with E-state index in [1.165, 1.54) is 11.8 Å². The van der Waals surface area contributed by atoms with Crippen LogP contribution in [0.3, 0.4) is 0 Å². The first-order valence-corrected chi connectivity index (χ1v) is 11.6. The summed E-state index contributed by atoms with van der Waals surface area (Å²) in [5.74, 6) is 1.05. The van der Waals surface area contributed by atoms with Gasteiger partial charge >= 0.3 is 0 Å². The maximum atomic E-state index is 13.2. The number of methoxy groups -OCH3 is 1. The van der Waals surface area contributed by atoms with Gasteiger partial charge in [0, 0.05) is 28.7 Å². The first-order valence-electron chi connectivity index (χ1n) is 10.6. The molecule has 0 radical (unpaired) electrons. The number of ether oxygens (including phenoxy) is 1. The Hall–Kier alpha value is -3.25. The van der Waals surface area contributed by atoms with E-state index in [-0.39, 0.29) is 17.9 Å². The summed E-state index contributed by atoms with van der Waals surface area (Å²) in [7, 11) is 1.61. The van der Waals surface area contributed by atoms with E-state index in [2.05, 4.69) is 18.3 Å². The third kappa shape index (κ3) is 4.97. The predicted octanol–water partition coefficient (Wildman–Crippen LogP) is 4.70. The molecule has 0 saturated carbocycles. The highest BCUT2D eigenvalue weighted by atomic mass is 32.2. The molecule has 1 aliphatic heterocycles. The largest absolute Gasteiger partial charge is 0.497 e. The van der Waals surface area contributed by atoms with Gasteiger partial charge in [-0.1, -0.05) is 30.3 Å². The van der Waals surface area contributed by atoms with Crippen molar-refractivity contribution in [3.8, 4) is 5.75 Å². The Labute approximate surface area is 192 Å². The molecule has 3 aromatic rings. The van der Waals surface area contributed by atoms with Gasteiger partial charge in [-0.25, -0.2) is 0 Å². The predicted molar refractivity (Wildman–Crippen MR) is 128 cm³/mol. The summed E-state index contributed by atoms with van der Waals surface area (Å²) in [6.07, 6.45) is 0.817. The number of amides is 2. The molecule has 1 unspecified atom stereocenters. The van der Waals surface area contributed by atoms with E-state index in [1.807, 2.05) is 47.4 Å². The first-order chi connectivity index (χ1) is 15.5. The van der Waals surface area contributed by atoms with E-state index in [9.17, 15) is 9.59 Å². The fourth-order valence-electron chi connectivity index (χ4n) is 3.86. The van der Waals surface area contributed by atoms with Crippen LogP contribution in [0, 0.1) is 0 Å². The van der Waals surface area contributed by atoms with Gasteiger partial charge in [-0.2, -0.15) is 0 Å². The van der Waals surface area contributed by atoms with Crippen molar-refractivity contribution in [1.29, 1.82) is 0 Å². The minimum atomic E-state index is -0.0284. The fourth-order valence-corrected chi connectivity index (χ4v) is 4.61. The van der Waals surface area contributed by atoms with Crippen molar-refractivity contribution in [2.75, 3.05) is 17.8 Å². The van der Waals surface area contributed by atoms with Crippen LogP contribution in [-0.2, 0) is 17.8 Å². The molecule has 1 atom stereocenters. The SMILES string of the molecule is COc1ccc(C(=O)N2c3cc(CNC(=O)CSc4ccccc4)ccc3CC2C)cc1. The van der Waals surface area contributed by atoms with Gasteiger partial charge in [0.05, 0.1) is 12.9 Å². The van der Waals surface area contributed by atoms with E-state index in [0.29, 0.717) is 17.9 Å². The van der Waals surface area contributed by atoms with Gasteiger partial charge in [-0.15, -0.1) is 11.8 Å². The molecular formula is C26H26N2O3S. The average molecular weight is 447 g/mol. The van der Waals surface area contributed by atoms with E-state index >= 15 is 0 Å². The number of thioether (sulfide) groups is 1. The third-order valence-electron chi connectivity index (χ3n) is 5.52. The lowest BCUT2D eigenvalue weighted by Gasteiger charge is -2.23. The van der Waals surface area contributed by atoms with Crippen molar-refractivity contribution in [3.63, 3.8) is 0 Å². The molecule has 2 amide bonds. The number of hydrogen-bond donors (Lipinski definition) is 1. The van der Waals surface area contributed by atoms with Crippen LogP contribution in [0.15, 0.2) is 77.7 Å². The maximum absolute atomic E-state index is 13.2. The van der Waals surface area contributed by atoms with Gasteiger partial charge in [-0.3, -0.25) is 9.59 Å². The second kappa shape index (κ2) is 9.92. The average Bonchev–Trinajstić information content (AvgIpc) is 3.16. The van der Waals surface area contributed by atoms with E-state index in [0.717, 1.165) is 33.9 Å². The number of rotatable bonds is 7. The van der Waals surface area contributed by atoms with Crippen molar-refractivity contribution in [2.45, 2.75) is 30.8 Å². The summed E-state index contributed by atoms with van der Waals surface area (Å²) >= 11 is 1.51. The van der Waals surface area contributed by atoms with Crippen LogP contribution in [0.2, 0.25) is 0 Å². The zero-order chi connectivity index (χ0) is 22.5. The molecule has 3 aromatic carbocycles. The molecule has 6 heteroatoms. The summed E-state index contributed by atoms with van der Waals surface area (Å²) in [5.41, 5.74) is 3.67. The van der Waals surface area contributed by atoms with Gasteiger partial charge in [-0.05, 0) is 66.9 Å². The number of carbonyl (C=O) groups is 2. The van der Waals surface area contributed by atoms with Crippen LogP contribution in [-0.4, -0.2) is 30.7 Å². The Morgan fingerprint density at radius 1 is 1.06 bits per heavy atom. The number of benzene rings is 3. The summed E-state index contributed by atoms with van der Waals surface area (Å²) < 4.78 is 5.20. The number of anilines is 1. The maximum Gasteiger partial charge on any atom is 0.258 e. The Balaban J connectivity index is 1.42. The molecular weight excluding hydrogens is 420 g/mol.